The summed E-state index contributed by atoms with van der Waals surface area (Å²) in [6.07, 6.45) is 0. The second kappa shape index (κ2) is 9.27. The second-order valence-electron chi connectivity index (χ2n) is 8.14. The molecule has 5 rings (SSSR count). The minimum Gasteiger partial charge on any atom is -0.482 e. The Morgan fingerprint density at radius 1 is 0.686 bits per heavy atom. The Bertz CT molecular complexity index is 1370. The first-order valence-corrected chi connectivity index (χ1v) is 11.1. The summed E-state index contributed by atoms with van der Waals surface area (Å²) in [5.74, 6) is -0.483. The van der Waals surface area contributed by atoms with Gasteiger partial charge in [0.05, 0.1) is 16.8 Å². The van der Waals surface area contributed by atoms with E-state index in [4.69, 9.17) is 9.47 Å². The van der Waals surface area contributed by atoms with E-state index in [1.165, 1.54) is 17.7 Å². The minimum absolute atomic E-state index is 0.260. The van der Waals surface area contributed by atoms with Gasteiger partial charge in [-0.15, -0.1) is 0 Å². The Morgan fingerprint density at radius 3 is 1.77 bits per heavy atom. The SMILES string of the molecule is Cc1ccc(-c2ccc(OCC(=O)Oc3ccc(N4C(=O)c5ccccc5C4=O)cc3)cc2)cc1. The van der Waals surface area contributed by atoms with E-state index in [1.54, 1.807) is 48.5 Å². The molecule has 1 heterocycles. The lowest BCUT2D eigenvalue weighted by Gasteiger charge is -2.14. The molecule has 35 heavy (non-hydrogen) atoms. The first-order valence-electron chi connectivity index (χ1n) is 11.1. The summed E-state index contributed by atoms with van der Waals surface area (Å²) in [5, 5.41) is 0. The normalized spacial score (nSPS) is 12.4. The van der Waals surface area contributed by atoms with Crippen molar-refractivity contribution >= 4 is 23.5 Å². The number of hydrogen-bond donors (Lipinski definition) is 0. The zero-order valence-corrected chi connectivity index (χ0v) is 18.9. The molecular weight excluding hydrogens is 442 g/mol. The molecule has 6 nitrogen and oxygen atoms in total. The Hall–Kier alpha value is -4.71. The van der Waals surface area contributed by atoms with Crippen molar-refractivity contribution in [1.29, 1.82) is 0 Å². The zero-order chi connectivity index (χ0) is 24.4. The summed E-state index contributed by atoms with van der Waals surface area (Å²) in [7, 11) is 0. The van der Waals surface area contributed by atoms with Crippen LogP contribution in [0.3, 0.4) is 0 Å². The molecule has 0 radical (unpaired) electrons. The average molecular weight is 463 g/mol. The summed E-state index contributed by atoms with van der Waals surface area (Å²) in [6, 6.07) is 28.6. The highest BCUT2D eigenvalue weighted by Gasteiger charge is 2.36. The molecule has 0 aliphatic carbocycles. The van der Waals surface area contributed by atoms with Gasteiger partial charge in [-0.3, -0.25) is 9.59 Å². The topological polar surface area (TPSA) is 72.9 Å². The lowest BCUT2D eigenvalue weighted by molar-refractivity contribution is -0.136. The summed E-state index contributed by atoms with van der Waals surface area (Å²) < 4.78 is 10.9. The number of esters is 1. The Morgan fingerprint density at radius 2 is 1.20 bits per heavy atom. The number of fused-ring (bicyclic) bond motifs is 1. The highest BCUT2D eigenvalue weighted by molar-refractivity contribution is 6.34. The average Bonchev–Trinajstić information content (AvgIpc) is 3.14. The zero-order valence-electron chi connectivity index (χ0n) is 18.9. The number of anilines is 1. The van der Waals surface area contributed by atoms with E-state index in [2.05, 4.69) is 24.3 Å². The third kappa shape index (κ3) is 4.54. The molecule has 0 spiro atoms. The van der Waals surface area contributed by atoms with Gasteiger partial charge in [0, 0.05) is 0 Å². The van der Waals surface area contributed by atoms with Gasteiger partial charge in [0.2, 0.25) is 0 Å². The second-order valence-corrected chi connectivity index (χ2v) is 8.14. The van der Waals surface area contributed by atoms with Crippen molar-refractivity contribution in [2.45, 2.75) is 6.92 Å². The number of benzene rings is 4. The van der Waals surface area contributed by atoms with Gasteiger partial charge < -0.3 is 9.47 Å². The van der Waals surface area contributed by atoms with Crippen LogP contribution in [0, 0.1) is 6.92 Å². The highest BCUT2D eigenvalue weighted by atomic mass is 16.6. The van der Waals surface area contributed by atoms with Gasteiger partial charge in [0.25, 0.3) is 11.8 Å². The van der Waals surface area contributed by atoms with Crippen LogP contribution in [0.15, 0.2) is 97.1 Å². The van der Waals surface area contributed by atoms with Gasteiger partial charge in [0.1, 0.15) is 11.5 Å². The van der Waals surface area contributed by atoms with Crippen molar-refractivity contribution < 1.29 is 23.9 Å². The lowest BCUT2D eigenvalue weighted by Crippen LogP contribution is -2.29. The number of nitrogens with zero attached hydrogens (tertiary/aromatic N) is 1. The van der Waals surface area contributed by atoms with Crippen LogP contribution in [0.1, 0.15) is 26.3 Å². The molecule has 0 N–H and O–H groups in total. The lowest BCUT2D eigenvalue weighted by atomic mass is 10.0. The van der Waals surface area contributed by atoms with Gasteiger partial charge in [-0.1, -0.05) is 54.1 Å². The van der Waals surface area contributed by atoms with Gasteiger partial charge in [-0.25, -0.2) is 9.69 Å². The maximum Gasteiger partial charge on any atom is 0.349 e. The third-order valence-corrected chi connectivity index (χ3v) is 5.72. The molecule has 0 bridgehead atoms. The molecule has 0 saturated heterocycles. The fourth-order valence-corrected chi connectivity index (χ4v) is 3.88. The van der Waals surface area contributed by atoms with E-state index < -0.39 is 5.97 Å². The summed E-state index contributed by atoms with van der Waals surface area (Å²) in [4.78, 5) is 38.6. The number of carbonyl (C=O) groups excluding carboxylic acids is 3. The summed E-state index contributed by atoms with van der Waals surface area (Å²) >= 11 is 0. The number of aryl methyl sites for hydroxylation is 1. The number of carbonyl (C=O) groups is 3. The van der Waals surface area contributed by atoms with Crippen LogP contribution in [0.4, 0.5) is 5.69 Å². The molecule has 1 aliphatic heterocycles. The Kier molecular flexibility index (Phi) is 5.85. The van der Waals surface area contributed by atoms with Gasteiger partial charge in [-0.2, -0.15) is 0 Å². The van der Waals surface area contributed by atoms with Crippen LogP contribution in [0.2, 0.25) is 0 Å². The molecule has 0 unspecified atom stereocenters. The molecule has 6 heteroatoms. The maximum absolute atomic E-state index is 12.6. The Balaban J connectivity index is 1.17. The molecule has 0 atom stereocenters. The van der Waals surface area contributed by atoms with Crippen LogP contribution < -0.4 is 14.4 Å². The Labute approximate surface area is 202 Å². The van der Waals surface area contributed by atoms with Crippen LogP contribution in [0.25, 0.3) is 11.1 Å². The molecule has 1 aliphatic rings. The molecule has 4 aromatic rings. The molecule has 0 aromatic heterocycles. The molecular formula is C29H21NO5. The first-order chi connectivity index (χ1) is 17.0. The summed E-state index contributed by atoms with van der Waals surface area (Å²) in [6.45, 7) is 1.78. The maximum atomic E-state index is 12.6. The minimum atomic E-state index is -0.568. The number of hydrogen-bond acceptors (Lipinski definition) is 5. The quantitative estimate of drug-likeness (QED) is 0.216. The third-order valence-electron chi connectivity index (χ3n) is 5.72. The molecule has 2 amide bonds. The standard InChI is InChI=1S/C29H21NO5/c1-19-6-8-20(9-7-19)21-10-14-23(15-11-21)34-18-27(31)35-24-16-12-22(13-17-24)30-28(32)25-4-2-3-5-26(25)29(30)33/h2-17H,18H2,1H3. The predicted molar refractivity (Wildman–Crippen MR) is 132 cm³/mol. The monoisotopic (exact) mass is 463 g/mol. The van der Waals surface area contributed by atoms with E-state index in [0.29, 0.717) is 22.6 Å². The number of amides is 2. The van der Waals surface area contributed by atoms with Gasteiger partial charge in [0.15, 0.2) is 6.61 Å². The van der Waals surface area contributed by atoms with Crippen molar-refractivity contribution in [3.05, 3.63) is 114 Å². The fraction of sp³-hybridized carbons (Fsp3) is 0.0690. The van der Waals surface area contributed by atoms with E-state index in [0.717, 1.165) is 16.0 Å². The van der Waals surface area contributed by atoms with E-state index in [9.17, 15) is 14.4 Å². The summed E-state index contributed by atoms with van der Waals surface area (Å²) in [5.41, 5.74) is 4.50. The van der Waals surface area contributed by atoms with Crippen molar-refractivity contribution in [2.75, 3.05) is 11.5 Å². The highest BCUT2D eigenvalue weighted by Crippen LogP contribution is 2.29. The van der Waals surface area contributed by atoms with Crippen LogP contribution in [-0.4, -0.2) is 24.4 Å². The van der Waals surface area contributed by atoms with Crippen LogP contribution in [-0.2, 0) is 4.79 Å². The van der Waals surface area contributed by atoms with Crippen LogP contribution in [0.5, 0.6) is 11.5 Å². The van der Waals surface area contributed by atoms with E-state index in [1.807, 2.05) is 19.1 Å². The van der Waals surface area contributed by atoms with Crippen molar-refractivity contribution in [3.8, 4) is 22.6 Å². The molecule has 172 valence electrons. The number of rotatable bonds is 6. The van der Waals surface area contributed by atoms with Crippen molar-refractivity contribution in [1.82, 2.24) is 0 Å². The molecule has 4 aromatic carbocycles. The van der Waals surface area contributed by atoms with Crippen molar-refractivity contribution in [3.63, 3.8) is 0 Å². The fourth-order valence-electron chi connectivity index (χ4n) is 3.88. The van der Waals surface area contributed by atoms with Gasteiger partial charge >= 0.3 is 5.97 Å². The molecule has 0 fully saturated rings. The number of ether oxygens (including phenoxy) is 2. The van der Waals surface area contributed by atoms with Crippen LogP contribution >= 0.6 is 0 Å². The smallest absolute Gasteiger partial charge is 0.349 e. The first kappa shape index (κ1) is 22.1. The van der Waals surface area contributed by atoms with E-state index >= 15 is 0 Å². The molecule has 0 saturated carbocycles. The van der Waals surface area contributed by atoms with Gasteiger partial charge in [-0.05, 0) is 66.6 Å². The largest absolute Gasteiger partial charge is 0.482 e. The van der Waals surface area contributed by atoms with E-state index in [-0.39, 0.29) is 24.2 Å². The number of imide groups is 1. The predicted octanol–water partition coefficient (Wildman–Crippen LogP) is 5.45. The van der Waals surface area contributed by atoms with Crippen molar-refractivity contribution in [2.24, 2.45) is 0 Å².